The minimum atomic E-state index is -0.833. The lowest BCUT2D eigenvalue weighted by molar-refractivity contribution is -0.112. The minimum absolute atomic E-state index is 0.00563. The SMILES string of the molecule is O=C(Nc1ccccc1)C(=O)c1c(Cl)n(Cc2ccc(Cl)cc2Cl)c2ccc(O)cc12. The average Bonchev–Trinajstić information content (AvgIpc) is 3.00. The van der Waals surface area contributed by atoms with Gasteiger partial charge in [-0.3, -0.25) is 9.59 Å². The van der Waals surface area contributed by atoms with Crippen LogP contribution < -0.4 is 5.32 Å². The molecule has 0 spiro atoms. The van der Waals surface area contributed by atoms with E-state index in [-0.39, 0.29) is 23.0 Å². The van der Waals surface area contributed by atoms with E-state index < -0.39 is 11.7 Å². The molecule has 1 amide bonds. The summed E-state index contributed by atoms with van der Waals surface area (Å²) in [5, 5.41) is 13.9. The van der Waals surface area contributed by atoms with Crippen LogP contribution in [0.2, 0.25) is 15.2 Å². The second-order valence-electron chi connectivity index (χ2n) is 6.84. The first-order valence-corrected chi connectivity index (χ1v) is 10.3. The number of nitrogens with one attached hydrogen (secondary N) is 1. The second kappa shape index (κ2) is 8.63. The number of Topliss-reactive ketones (excluding diaryl/α,β-unsaturated/α-hetero) is 1. The molecule has 0 aliphatic rings. The monoisotopic (exact) mass is 472 g/mol. The Morgan fingerprint density at radius 3 is 2.39 bits per heavy atom. The number of amides is 1. The molecule has 0 aliphatic heterocycles. The van der Waals surface area contributed by atoms with Crippen LogP contribution in [0.15, 0.2) is 66.7 Å². The Balaban J connectivity index is 1.78. The number of carbonyl (C=O) groups excluding carboxylic acids is 2. The molecule has 156 valence electrons. The van der Waals surface area contributed by atoms with Crippen molar-refractivity contribution in [3.05, 3.63) is 93.1 Å². The number of nitrogens with zero attached hydrogens (tertiary/aromatic N) is 1. The number of fused-ring (bicyclic) bond motifs is 1. The van der Waals surface area contributed by atoms with E-state index in [1.54, 1.807) is 59.2 Å². The predicted molar refractivity (Wildman–Crippen MR) is 124 cm³/mol. The van der Waals surface area contributed by atoms with Gasteiger partial charge in [0.2, 0.25) is 0 Å². The summed E-state index contributed by atoms with van der Waals surface area (Å²) >= 11 is 18.9. The highest BCUT2D eigenvalue weighted by molar-refractivity contribution is 6.51. The number of benzene rings is 3. The first-order valence-electron chi connectivity index (χ1n) is 9.20. The zero-order valence-corrected chi connectivity index (χ0v) is 18.2. The van der Waals surface area contributed by atoms with Crippen molar-refractivity contribution in [1.82, 2.24) is 4.57 Å². The molecule has 0 bridgehead atoms. The summed E-state index contributed by atoms with van der Waals surface area (Å²) in [5.41, 5.74) is 1.79. The van der Waals surface area contributed by atoms with E-state index in [4.69, 9.17) is 34.8 Å². The number of anilines is 1. The lowest BCUT2D eigenvalue weighted by Crippen LogP contribution is -2.23. The predicted octanol–water partition coefficient (Wildman–Crippen LogP) is 6.18. The van der Waals surface area contributed by atoms with Crippen LogP contribution in [0.4, 0.5) is 5.69 Å². The van der Waals surface area contributed by atoms with E-state index in [0.717, 1.165) is 5.56 Å². The lowest BCUT2D eigenvalue weighted by Gasteiger charge is -2.10. The van der Waals surface area contributed by atoms with Gasteiger partial charge in [0.1, 0.15) is 10.9 Å². The van der Waals surface area contributed by atoms with Gasteiger partial charge < -0.3 is 15.0 Å². The zero-order valence-electron chi connectivity index (χ0n) is 15.9. The van der Waals surface area contributed by atoms with Gasteiger partial charge in [-0.2, -0.15) is 0 Å². The highest BCUT2D eigenvalue weighted by atomic mass is 35.5. The van der Waals surface area contributed by atoms with Gasteiger partial charge in [0.25, 0.3) is 11.7 Å². The molecule has 0 aliphatic carbocycles. The Morgan fingerprint density at radius 1 is 0.935 bits per heavy atom. The van der Waals surface area contributed by atoms with E-state index >= 15 is 0 Å². The summed E-state index contributed by atoms with van der Waals surface area (Å²) in [6.45, 7) is 0.240. The number of phenolic OH excluding ortho intramolecular Hbond substituents is 1. The third-order valence-corrected chi connectivity index (χ3v) is 5.77. The fourth-order valence-electron chi connectivity index (χ4n) is 3.33. The van der Waals surface area contributed by atoms with E-state index in [1.165, 1.54) is 12.1 Å². The number of hydrogen-bond donors (Lipinski definition) is 2. The third kappa shape index (κ3) is 4.26. The molecule has 1 aromatic heterocycles. The Morgan fingerprint density at radius 2 is 1.68 bits per heavy atom. The number of halogens is 3. The van der Waals surface area contributed by atoms with Gasteiger partial charge in [0.15, 0.2) is 0 Å². The summed E-state index contributed by atoms with van der Waals surface area (Å²) in [5.74, 6) is -1.70. The fourth-order valence-corrected chi connectivity index (χ4v) is 4.13. The van der Waals surface area contributed by atoms with Gasteiger partial charge in [-0.1, -0.05) is 59.1 Å². The number of phenols is 1. The van der Waals surface area contributed by atoms with Crippen LogP contribution in [0.25, 0.3) is 10.9 Å². The molecule has 0 fully saturated rings. The molecule has 1 heterocycles. The number of aromatic nitrogens is 1. The van der Waals surface area contributed by atoms with Crippen molar-refractivity contribution in [2.45, 2.75) is 6.54 Å². The maximum atomic E-state index is 13.0. The number of hydrogen-bond acceptors (Lipinski definition) is 3. The zero-order chi connectivity index (χ0) is 22.1. The van der Waals surface area contributed by atoms with E-state index in [2.05, 4.69) is 5.32 Å². The van der Waals surface area contributed by atoms with Crippen LogP contribution in [0.3, 0.4) is 0 Å². The molecule has 2 N–H and O–H groups in total. The molecular formula is C23H15Cl3N2O3. The number of aromatic hydroxyl groups is 1. The van der Waals surface area contributed by atoms with Crippen molar-refractivity contribution in [2.24, 2.45) is 0 Å². The van der Waals surface area contributed by atoms with Crippen LogP contribution in [-0.4, -0.2) is 21.4 Å². The molecule has 0 atom stereocenters. The third-order valence-electron chi connectivity index (χ3n) is 4.79. The molecular weight excluding hydrogens is 459 g/mol. The molecule has 0 radical (unpaired) electrons. The smallest absolute Gasteiger partial charge is 0.296 e. The Kier molecular flexibility index (Phi) is 5.92. The van der Waals surface area contributed by atoms with Crippen molar-refractivity contribution >= 4 is 63.1 Å². The van der Waals surface area contributed by atoms with E-state index in [0.29, 0.717) is 26.6 Å². The molecule has 8 heteroatoms. The largest absolute Gasteiger partial charge is 0.508 e. The molecule has 31 heavy (non-hydrogen) atoms. The molecule has 0 unspecified atom stereocenters. The fraction of sp³-hybridized carbons (Fsp3) is 0.0435. The number of rotatable bonds is 5. The number of ketones is 1. The Labute approximate surface area is 192 Å². The van der Waals surface area contributed by atoms with Crippen LogP contribution >= 0.6 is 34.8 Å². The summed E-state index contributed by atoms with van der Waals surface area (Å²) in [7, 11) is 0. The second-order valence-corrected chi connectivity index (χ2v) is 8.04. The van der Waals surface area contributed by atoms with Crippen molar-refractivity contribution in [2.75, 3.05) is 5.32 Å². The number of para-hydroxylation sites is 1. The minimum Gasteiger partial charge on any atom is -0.508 e. The molecule has 0 saturated heterocycles. The summed E-state index contributed by atoms with van der Waals surface area (Å²) in [4.78, 5) is 25.7. The Bertz CT molecular complexity index is 1320. The van der Waals surface area contributed by atoms with Crippen molar-refractivity contribution < 1.29 is 14.7 Å². The molecule has 4 rings (SSSR count). The summed E-state index contributed by atoms with van der Waals surface area (Å²) < 4.78 is 1.66. The molecule has 3 aromatic carbocycles. The molecule has 4 aromatic rings. The van der Waals surface area contributed by atoms with Gasteiger partial charge >= 0.3 is 0 Å². The van der Waals surface area contributed by atoms with Crippen LogP contribution in [0.5, 0.6) is 5.75 Å². The average molecular weight is 474 g/mol. The molecule has 5 nitrogen and oxygen atoms in total. The standard InChI is InChI=1S/C23H15Cl3N2O3/c24-14-7-6-13(18(25)10-14)12-28-19-9-8-16(29)11-17(19)20(22(28)26)21(30)23(31)27-15-4-2-1-3-5-15/h1-11,29H,12H2,(H,27,31). The number of carbonyl (C=O) groups is 2. The van der Waals surface area contributed by atoms with Crippen molar-refractivity contribution in [1.29, 1.82) is 0 Å². The molecule has 0 saturated carbocycles. The van der Waals surface area contributed by atoms with Crippen LogP contribution in [-0.2, 0) is 11.3 Å². The lowest BCUT2D eigenvalue weighted by atomic mass is 10.1. The highest BCUT2D eigenvalue weighted by Gasteiger charge is 2.27. The first-order chi connectivity index (χ1) is 14.8. The maximum absolute atomic E-state index is 13.0. The quantitative estimate of drug-likeness (QED) is 0.269. The van der Waals surface area contributed by atoms with Crippen molar-refractivity contribution in [3.63, 3.8) is 0 Å². The van der Waals surface area contributed by atoms with Gasteiger partial charge in [0, 0.05) is 21.1 Å². The summed E-state index contributed by atoms with van der Waals surface area (Å²) in [6.07, 6.45) is 0. The summed E-state index contributed by atoms with van der Waals surface area (Å²) in [6, 6.07) is 18.2. The van der Waals surface area contributed by atoms with Crippen LogP contribution in [0, 0.1) is 0 Å². The first kappa shape index (κ1) is 21.2. The topological polar surface area (TPSA) is 71.3 Å². The van der Waals surface area contributed by atoms with Gasteiger partial charge in [0.05, 0.1) is 17.6 Å². The highest BCUT2D eigenvalue weighted by Crippen LogP contribution is 2.34. The van der Waals surface area contributed by atoms with Gasteiger partial charge in [-0.25, -0.2) is 0 Å². The van der Waals surface area contributed by atoms with Gasteiger partial charge in [-0.15, -0.1) is 0 Å². The van der Waals surface area contributed by atoms with E-state index in [1.807, 2.05) is 0 Å². The Hall–Kier alpha value is -2.99. The van der Waals surface area contributed by atoms with Crippen LogP contribution in [0.1, 0.15) is 15.9 Å². The van der Waals surface area contributed by atoms with Gasteiger partial charge in [-0.05, 0) is 48.0 Å². The normalized spacial score (nSPS) is 10.9. The maximum Gasteiger partial charge on any atom is 0.296 e. The van der Waals surface area contributed by atoms with E-state index in [9.17, 15) is 14.7 Å². The van der Waals surface area contributed by atoms with Crippen molar-refractivity contribution in [3.8, 4) is 5.75 Å².